The summed E-state index contributed by atoms with van der Waals surface area (Å²) >= 11 is 1.59. The fraction of sp³-hybridized carbons (Fsp3) is 0.400. The van der Waals surface area contributed by atoms with E-state index in [-0.39, 0.29) is 23.4 Å². The lowest BCUT2D eigenvalue weighted by molar-refractivity contribution is 0.233. The van der Waals surface area contributed by atoms with E-state index in [1.54, 1.807) is 41.0 Å². The highest BCUT2D eigenvalue weighted by molar-refractivity contribution is 7.98. The van der Waals surface area contributed by atoms with Crippen LogP contribution in [0.25, 0.3) is 5.69 Å². The number of aromatic nitrogens is 3. The highest BCUT2D eigenvalue weighted by atomic mass is 32.2. The number of halogens is 1. The Hall–Kier alpha value is -2.87. The first-order valence-corrected chi connectivity index (χ1v) is 12.5. The third-order valence-corrected chi connectivity index (χ3v) is 6.83. The van der Waals surface area contributed by atoms with Crippen LogP contribution in [0.15, 0.2) is 53.8 Å². The summed E-state index contributed by atoms with van der Waals surface area (Å²) in [5.74, 6) is -0.287. The van der Waals surface area contributed by atoms with Crippen molar-refractivity contribution in [1.82, 2.24) is 20.1 Å². The highest BCUT2D eigenvalue weighted by Gasteiger charge is 2.40. The number of anilines is 1. The first-order valence-electron chi connectivity index (χ1n) is 11.3. The number of pyridine rings is 1. The number of amides is 2. The average Bonchev–Trinajstić information content (AvgIpc) is 3.22. The SMILES string of the molecule is CCCC(NC(=O)N1c2cnn(-c3ccc(F)cc3)c2CCC1(C)C)c1ccnc(SC)c1. The van der Waals surface area contributed by atoms with Gasteiger partial charge in [-0.15, -0.1) is 11.8 Å². The third kappa shape index (κ3) is 4.76. The molecule has 1 aliphatic heterocycles. The molecule has 0 saturated carbocycles. The Morgan fingerprint density at radius 3 is 2.73 bits per heavy atom. The molecule has 3 heterocycles. The summed E-state index contributed by atoms with van der Waals surface area (Å²) in [4.78, 5) is 19.9. The number of benzene rings is 1. The van der Waals surface area contributed by atoms with Crippen LogP contribution in [-0.4, -0.2) is 32.6 Å². The molecule has 4 rings (SSSR count). The Bertz CT molecular complexity index is 1130. The zero-order valence-corrected chi connectivity index (χ0v) is 20.3. The number of hydrogen-bond donors (Lipinski definition) is 1. The normalized spacial score (nSPS) is 15.7. The summed E-state index contributed by atoms with van der Waals surface area (Å²) in [7, 11) is 0. The van der Waals surface area contributed by atoms with Crippen LogP contribution < -0.4 is 10.2 Å². The number of carbonyl (C=O) groups is 1. The minimum atomic E-state index is -0.368. The van der Waals surface area contributed by atoms with Crippen LogP contribution in [0, 0.1) is 5.82 Å². The maximum atomic E-state index is 13.7. The molecule has 2 amide bonds. The molecule has 6 nitrogen and oxygen atoms in total. The predicted octanol–water partition coefficient (Wildman–Crippen LogP) is 5.91. The monoisotopic (exact) mass is 467 g/mol. The van der Waals surface area contributed by atoms with Crippen LogP contribution >= 0.6 is 11.8 Å². The van der Waals surface area contributed by atoms with E-state index in [1.165, 1.54) is 12.1 Å². The number of nitrogens with zero attached hydrogens (tertiary/aromatic N) is 4. The van der Waals surface area contributed by atoms with Gasteiger partial charge in [-0.1, -0.05) is 13.3 Å². The summed E-state index contributed by atoms with van der Waals surface area (Å²) in [5, 5.41) is 8.76. The van der Waals surface area contributed by atoms with Gasteiger partial charge in [0.2, 0.25) is 0 Å². The second-order valence-corrected chi connectivity index (χ2v) is 9.76. The zero-order chi connectivity index (χ0) is 23.6. The Morgan fingerprint density at radius 1 is 1.27 bits per heavy atom. The first kappa shape index (κ1) is 23.3. The number of thioether (sulfide) groups is 1. The Labute approximate surface area is 198 Å². The molecular weight excluding hydrogens is 437 g/mol. The summed E-state index contributed by atoms with van der Waals surface area (Å²) in [6.07, 6.45) is 8.89. The molecule has 3 aromatic rings. The van der Waals surface area contributed by atoms with Gasteiger partial charge in [-0.05, 0) is 81.3 Å². The molecule has 1 unspecified atom stereocenters. The van der Waals surface area contributed by atoms with Gasteiger partial charge in [0.25, 0.3) is 0 Å². The Kier molecular flexibility index (Phi) is 6.74. The zero-order valence-electron chi connectivity index (χ0n) is 19.5. The van der Waals surface area contributed by atoms with Crippen molar-refractivity contribution in [2.24, 2.45) is 0 Å². The van der Waals surface area contributed by atoms with E-state index in [0.717, 1.165) is 53.3 Å². The lowest BCUT2D eigenvalue weighted by atomic mass is 9.90. The summed E-state index contributed by atoms with van der Waals surface area (Å²) < 4.78 is 15.2. The molecule has 2 aromatic heterocycles. The average molecular weight is 468 g/mol. The Balaban J connectivity index is 1.66. The fourth-order valence-electron chi connectivity index (χ4n) is 4.41. The minimum Gasteiger partial charge on any atom is -0.331 e. The molecular formula is C25H30FN5OS. The van der Waals surface area contributed by atoms with Crippen LogP contribution in [0.4, 0.5) is 14.9 Å². The molecule has 0 spiro atoms. The second kappa shape index (κ2) is 9.55. The van der Waals surface area contributed by atoms with Gasteiger partial charge >= 0.3 is 6.03 Å². The van der Waals surface area contributed by atoms with Crippen LogP contribution in [0.3, 0.4) is 0 Å². The van der Waals surface area contributed by atoms with Gasteiger partial charge in [-0.25, -0.2) is 18.9 Å². The maximum absolute atomic E-state index is 13.7. The largest absolute Gasteiger partial charge is 0.331 e. The fourth-order valence-corrected chi connectivity index (χ4v) is 4.83. The number of urea groups is 1. The van der Waals surface area contributed by atoms with E-state index in [4.69, 9.17) is 0 Å². The quantitative estimate of drug-likeness (QED) is 0.458. The van der Waals surface area contributed by atoms with Crippen molar-refractivity contribution >= 4 is 23.5 Å². The smallest absolute Gasteiger partial charge is 0.322 e. The van der Waals surface area contributed by atoms with Crippen molar-refractivity contribution in [3.63, 3.8) is 0 Å². The highest BCUT2D eigenvalue weighted by Crippen LogP contribution is 2.38. The van der Waals surface area contributed by atoms with Gasteiger partial charge in [-0.2, -0.15) is 5.10 Å². The van der Waals surface area contributed by atoms with Crippen molar-refractivity contribution < 1.29 is 9.18 Å². The molecule has 1 atom stereocenters. The molecule has 1 N–H and O–H groups in total. The van der Waals surface area contributed by atoms with Crippen molar-refractivity contribution in [3.05, 3.63) is 65.9 Å². The molecule has 0 radical (unpaired) electrons. The molecule has 8 heteroatoms. The summed E-state index contributed by atoms with van der Waals surface area (Å²) in [6, 6.07) is 10.0. The second-order valence-electron chi connectivity index (χ2n) is 8.93. The number of rotatable bonds is 6. The predicted molar refractivity (Wildman–Crippen MR) is 131 cm³/mol. The van der Waals surface area contributed by atoms with Gasteiger partial charge in [0.05, 0.1) is 34.3 Å². The molecule has 0 fully saturated rings. The molecule has 33 heavy (non-hydrogen) atoms. The van der Waals surface area contributed by atoms with E-state index in [0.29, 0.717) is 0 Å². The van der Waals surface area contributed by atoms with E-state index < -0.39 is 0 Å². The lowest BCUT2D eigenvalue weighted by Gasteiger charge is -2.42. The molecule has 0 saturated heterocycles. The summed E-state index contributed by atoms with van der Waals surface area (Å²) in [5.41, 5.74) is 3.22. The van der Waals surface area contributed by atoms with Crippen LogP contribution in [0.2, 0.25) is 0 Å². The van der Waals surface area contributed by atoms with Crippen molar-refractivity contribution in [2.75, 3.05) is 11.2 Å². The van der Waals surface area contributed by atoms with E-state index >= 15 is 0 Å². The Morgan fingerprint density at radius 2 is 2.03 bits per heavy atom. The number of hydrogen-bond acceptors (Lipinski definition) is 4. The van der Waals surface area contributed by atoms with Crippen LogP contribution in [0.1, 0.15) is 57.3 Å². The van der Waals surface area contributed by atoms with E-state index in [1.807, 2.05) is 23.3 Å². The number of fused-ring (bicyclic) bond motifs is 1. The van der Waals surface area contributed by atoms with Gasteiger partial charge in [0.1, 0.15) is 5.82 Å². The van der Waals surface area contributed by atoms with Gasteiger partial charge in [0, 0.05) is 11.7 Å². The standard InChI is InChI=1S/C25H30FN5OS/c1-5-6-20(17-12-14-27-23(15-17)33-4)29-24(32)30-22-16-28-31(19-9-7-18(26)8-10-19)21(22)11-13-25(30,2)3/h7-10,12,14-16,20H,5-6,11,13H2,1-4H3,(H,29,32). The molecule has 0 bridgehead atoms. The van der Waals surface area contributed by atoms with Crippen molar-refractivity contribution in [3.8, 4) is 5.69 Å². The molecule has 0 aliphatic carbocycles. The molecule has 174 valence electrons. The third-order valence-electron chi connectivity index (χ3n) is 6.19. The topological polar surface area (TPSA) is 63.1 Å². The lowest BCUT2D eigenvalue weighted by Crippen LogP contribution is -2.55. The molecule has 1 aliphatic rings. The number of nitrogens with one attached hydrogen (secondary N) is 1. The minimum absolute atomic E-state index is 0.107. The van der Waals surface area contributed by atoms with Gasteiger partial charge in [0.15, 0.2) is 0 Å². The first-order chi connectivity index (χ1) is 15.8. The number of carbonyl (C=O) groups excluding carboxylic acids is 1. The van der Waals surface area contributed by atoms with Crippen LogP contribution in [0.5, 0.6) is 0 Å². The van der Waals surface area contributed by atoms with Crippen molar-refractivity contribution in [1.29, 1.82) is 0 Å². The maximum Gasteiger partial charge on any atom is 0.322 e. The van der Waals surface area contributed by atoms with E-state index in [9.17, 15) is 9.18 Å². The van der Waals surface area contributed by atoms with Crippen molar-refractivity contribution in [2.45, 2.75) is 63.1 Å². The van der Waals surface area contributed by atoms with Gasteiger partial charge in [-0.3, -0.25) is 4.90 Å². The summed E-state index contributed by atoms with van der Waals surface area (Å²) in [6.45, 7) is 6.28. The van der Waals surface area contributed by atoms with E-state index in [2.05, 4.69) is 36.2 Å². The molecule has 1 aromatic carbocycles. The van der Waals surface area contributed by atoms with Crippen LogP contribution in [-0.2, 0) is 6.42 Å². The van der Waals surface area contributed by atoms with Gasteiger partial charge < -0.3 is 5.32 Å².